The molecule has 0 bridgehead atoms. The third kappa shape index (κ3) is 6.02. The van der Waals surface area contributed by atoms with Crippen molar-refractivity contribution >= 4 is 23.2 Å². The second-order valence-electron chi connectivity index (χ2n) is 7.96. The maximum absolute atomic E-state index is 12.8. The van der Waals surface area contributed by atoms with Gasteiger partial charge in [0.1, 0.15) is 9.88 Å². The highest BCUT2D eigenvalue weighted by Gasteiger charge is 2.21. The van der Waals surface area contributed by atoms with Crippen LogP contribution in [-0.2, 0) is 22.5 Å². The van der Waals surface area contributed by atoms with Crippen molar-refractivity contribution in [2.24, 2.45) is 0 Å². The molecule has 1 atom stereocenters. The highest BCUT2D eigenvalue weighted by atomic mass is 32.1. The fourth-order valence-electron chi connectivity index (χ4n) is 3.35. The van der Waals surface area contributed by atoms with E-state index in [9.17, 15) is 14.7 Å². The Bertz CT molecular complexity index is 1090. The first-order valence-electron chi connectivity index (χ1n) is 10.5. The van der Waals surface area contributed by atoms with Gasteiger partial charge < -0.3 is 15.2 Å². The molecule has 0 spiro atoms. The summed E-state index contributed by atoms with van der Waals surface area (Å²) in [6, 6.07) is 15.6. The molecule has 1 aromatic heterocycles. The van der Waals surface area contributed by atoms with Crippen LogP contribution in [0.1, 0.15) is 45.9 Å². The summed E-state index contributed by atoms with van der Waals surface area (Å²) in [5.41, 5.74) is 4.51. The molecule has 2 N–H and O–H groups in total. The van der Waals surface area contributed by atoms with Gasteiger partial charge in [0.15, 0.2) is 6.10 Å². The first-order chi connectivity index (χ1) is 15.2. The van der Waals surface area contributed by atoms with E-state index in [1.165, 1.54) is 11.3 Å². The number of amides is 1. The molecule has 0 fully saturated rings. The van der Waals surface area contributed by atoms with Crippen molar-refractivity contribution in [3.05, 3.63) is 75.8 Å². The molecule has 0 aliphatic heterocycles. The Kier molecular flexibility index (Phi) is 7.77. The zero-order valence-electron chi connectivity index (χ0n) is 18.7. The minimum atomic E-state index is -0.982. The fourth-order valence-corrected chi connectivity index (χ4v) is 4.33. The molecule has 168 valence electrons. The van der Waals surface area contributed by atoms with Crippen molar-refractivity contribution in [2.45, 2.75) is 52.9 Å². The van der Waals surface area contributed by atoms with Crippen molar-refractivity contribution in [1.29, 1.82) is 0 Å². The Balaban J connectivity index is 1.70. The molecule has 3 aromatic rings. The summed E-state index contributed by atoms with van der Waals surface area (Å²) >= 11 is 1.38. The number of thiazole rings is 1. The van der Waals surface area contributed by atoms with Crippen LogP contribution in [0.15, 0.2) is 48.5 Å². The van der Waals surface area contributed by atoms with Gasteiger partial charge in [-0.3, -0.25) is 4.79 Å². The van der Waals surface area contributed by atoms with Crippen LogP contribution in [0.2, 0.25) is 0 Å². The molecule has 0 aliphatic rings. The van der Waals surface area contributed by atoms with Crippen molar-refractivity contribution in [1.82, 2.24) is 10.3 Å². The molecule has 1 amide bonds. The Morgan fingerprint density at radius 3 is 2.50 bits per heavy atom. The van der Waals surface area contributed by atoms with Crippen molar-refractivity contribution in [3.63, 3.8) is 0 Å². The fraction of sp³-hybridized carbons (Fsp3) is 0.320. The molecule has 6 nitrogen and oxygen atoms in total. The summed E-state index contributed by atoms with van der Waals surface area (Å²) in [4.78, 5) is 29.5. The molecule has 3 rings (SSSR count). The lowest BCUT2D eigenvalue weighted by atomic mass is 10.0. The van der Waals surface area contributed by atoms with Crippen LogP contribution in [0, 0.1) is 13.8 Å². The highest BCUT2D eigenvalue weighted by molar-refractivity contribution is 7.17. The number of nitrogens with one attached hydrogen (secondary N) is 1. The maximum atomic E-state index is 12.8. The Morgan fingerprint density at radius 1 is 1.12 bits per heavy atom. The van der Waals surface area contributed by atoms with E-state index >= 15 is 0 Å². The second-order valence-corrected chi connectivity index (χ2v) is 8.96. The summed E-state index contributed by atoms with van der Waals surface area (Å²) in [6.45, 7) is 7.78. The standard InChI is InChI=1S/C25H28N2O4S/c1-15(2)31-21(25(29)30)13-18-11-10-16(3)20(12-18)14-26-23(28)22-17(4)27-24(32-22)19-8-6-5-7-9-19/h5-12,15,21H,13-14H2,1-4H3,(H,26,28)(H,29,30). The predicted octanol–water partition coefficient (Wildman–Crippen LogP) is 4.78. The van der Waals surface area contributed by atoms with E-state index in [1.807, 2.05) is 76.2 Å². The van der Waals surface area contributed by atoms with E-state index in [-0.39, 0.29) is 18.4 Å². The maximum Gasteiger partial charge on any atom is 0.333 e. The van der Waals surface area contributed by atoms with Crippen LogP contribution in [0.4, 0.5) is 0 Å². The highest BCUT2D eigenvalue weighted by Crippen LogP contribution is 2.27. The molecule has 32 heavy (non-hydrogen) atoms. The monoisotopic (exact) mass is 452 g/mol. The average Bonchev–Trinajstić information content (AvgIpc) is 3.15. The van der Waals surface area contributed by atoms with E-state index in [0.717, 1.165) is 27.3 Å². The molecule has 2 aromatic carbocycles. The van der Waals surface area contributed by atoms with Crippen LogP contribution >= 0.6 is 11.3 Å². The molecular weight excluding hydrogens is 424 g/mol. The summed E-state index contributed by atoms with van der Waals surface area (Å²) in [6.07, 6.45) is -0.816. The number of carbonyl (C=O) groups excluding carboxylic acids is 1. The van der Waals surface area contributed by atoms with Gasteiger partial charge in [-0.25, -0.2) is 9.78 Å². The number of aryl methyl sites for hydroxylation is 2. The van der Waals surface area contributed by atoms with Gasteiger partial charge in [0.25, 0.3) is 5.91 Å². The minimum Gasteiger partial charge on any atom is -0.479 e. The number of hydrogen-bond acceptors (Lipinski definition) is 5. The number of hydrogen-bond donors (Lipinski definition) is 2. The second kappa shape index (κ2) is 10.5. The van der Waals surface area contributed by atoms with Gasteiger partial charge in [-0.2, -0.15) is 0 Å². The van der Waals surface area contributed by atoms with Crippen LogP contribution in [0.3, 0.4) is 0 Å². The largest absolute Gasteiger partial charge is 0.479 e. The average molecular weight is 453 g/mol. The lowest BCUT2D eigenvalue weighted by Crippen LogP contribution is -2.29. The number of rotatable bonds is 9. The molecule has 1 unspecified atom stereocenters. The Hall–Kier alpha value is -3.03. The Labute approximate surface area is 192 Å². The van der Waals surface area contributed by atoms with Crippen molar-refractivity contribution in [3.8, 4) is 10.6 Å². The summed E-state index contributed by atoms with van der Waals surface area (Å²) in [5.74, 6) is -1.15. The quantitative estimate of drug-likeness (QED) is 0.488. The van der Waals surface area contributed by atoms with Crippen molar-refractivity contribution < 1.29 is 19.4 Å². The van der Waals surface area contributed by atoms with Crippen LogP contribution in [-0.4, -0.2) is 34.2 Å². The SMILES string of the molecule is Cc1ccc(CC(OC(C)C)C(=O)O)cc1CNC(=O)c1sc(-c2ccccc2)nc1C. The summed E-state index contributed by atoms with van der Waals surface area (Å²) in [7, 11) is 0. The zero-order chi connectivity index (χ0) is 23.3. The van der Waals surface area contributed by atoms with E-state index in [1.54, 1.807) is 0 Å². The first kappa shape index (κ1) is 23.6. The minimum absolute atomic E-state index is 0.168. The number of carboxylic acids is 1. The number of ether oxygens (including phenoxy) is 1. The van der Waals surface area contributed by atoms with E-state index in [4.69, 9.17) is 4.74 Å². The molecule has 0 radical (unpaired) electrons. The first-order valence-corrected chi connectivity index (χ1v) is 11.3. The molecule has 0 saturated carbocycles. The van der Waals surface area contributed by atoms with Gasteiger partial charge in [-0.1, -0.05) is 48.5 Å². The molecule has 7 heteroatoms. The smallest absolute Gasteiger partial charge is 0.333 e. The van der Waals surface area contributed by atoms with Gasteiger partial charge in [-0.15, -0.1) is 11.3 Å². The number of nitrogens with zero attached hydrogens (tertiary/aromatic N) is 1. The number of aromatic nitrogens is 1. The number of carbonyl (C=O) groups is 2. The number of carboxylic acid groups (broad SMARTS) is 1. The topological polar surface area (TPSA) is 88.5 Å². The van der Waals surface area contributed by atoms with Crippen LogP contribution in [0.25, 0.3) is 10.6 Å². The molecule has 0 saturated heterocycles. The van der Waals surface area contributed by atoms with Gasteiger partial charge in [0.05, 0.1) is 11.8 Å². The van der Waals surface area contributed by atoms with E-state index < -0.39 is 12.1 Å². The normalized spacial score (nSPS) is 12.0. The summed E-state index contributed by atoms with van der Waals surface area (Å²) < 4.78 is 5.52. The third-order valence-electron chi connectivity index (χ3n) is 5.01. The third-order valence-corrected chi connectivity index (χ3v) is 6.21. The van der Waals surface area contributed by atoms with Gasteiger partial charge in [0.2, 0.25) is 0 Å². The van der Waals surface area contributed by atoms with Gasteiger partial charge in [0, 0.05) is 18.5 Å². The zero-order valence-corrected chi connectivity index (χ0v) is 19.5. The lowest BCUT2D eigenvalue weighted by molar-refractivity contribution is -0.153. The molecular formula is C25H28N2O4S. The van der Waals surface area contributed by atoms with E-state index in [2.05, 4.69) is 10.3 Å². The number of benzene rings is 2. The lowest BCUT2D eigenvalue weighted by Gasteiger charge is -2.17. The van der Waals surface area contributed by atoms with Gasteiger partial charge in [-0.05, 0) is 44.4 Å². The Morgan fingerprint density at radius 2 is 1.84 bits per heavy atom. The van der Waals surface area contributed by atoms with Gasteiger partial charge >= 0.3 is 5.97 Å². The van der Waals surface area contributed by atoms with E-state index in [0.29, 0.717) is 17.1 Å². The number of aliphatic carboxylic acids is 1. The van der Waals surface area contributed by atoms with Crippen LogP contribution < -0.4 is 5.32 Å². The predicted molar refractivity (Wildman–Crippen MR) is 126 cm³/mol. The van der Waals surface area contributed by atoms with Crippen molar-refractivity contribution in [2.75, 3.05) is 0 Å². The summed E-state index contributed by atoms with van der Waals surface area (Å²) in [5, 5.41) is 13.2. The molecule has 1 heterocycles. The van der Waals surface area contributed by atoms with Crippen LogP contribution in [0.5, 0.6) is 0 Å². The molecule has 0 aliphatic carbocycles.